The van der Waals surface area contributed by atoms with Crippen molar-refractivity contribution in [2.75, 3.05) is 5.73 Å². The maximum atomic E-state index is 6.20. The molecule has 1 heterocycles. The summed E-state index contributed by atoms with van der Waals surface area (Å²) in [6.45, 7) is 2.10. The first-order valence-corrected chi connectivity index (χ1v) is 7.55. The van der Waals surface area contributed by atoms with Crippen molar-refractivity contribution in [2.45, 2.75) is 25.7 Å². The van der Waals surface area contributed by atoms with Gasteiger partial charge in [-0.05, 0) is 55.7 Å². The molecule has 1 aromatic heterocycles. The maximum Gasteiger partial charge on any atom is 0.117 e. The third-order valence-corrected chi connectivity index (χ3v) is 4.29. The number of aryl methyl sites for hydroxylation is 1. The maximum absolute atomic E-state index is 6.20. The molecular formula is C17H16ClN3. The van der Waals surface area contributed by atoms with E-state index < -0.39 is 0 Å². The quantitative estimate of drug-likeness (QED) is 0.710. The number of nitrogens with zero attached hydrogens (tertiary/aromatic N) is 2. The number of fused-ring (bicyclic) bond motifs is 1. The van der Waals surface area contributed by atoms with Gasteiger partial charge in [-0.1, -0.05) is 17.7 Å². The van der Waals surface area contributed by atoms with E-state index in [1.165, 1.54) is 18.4 Å². The van der Waals surface area contributed by atoms with Crippen LogP contribution in [0.15, 0.2) is 36.4 Å². The van der Waals surface area contributed by atoms with Crippen molar-refractivity contribution in [3.05, 3.63) is 52.8 Å². The average molecular weight is 298 g/mol. The van der Waals surface area contributed by atoms with Gasteiger partial charge in [0, 0.05) is 16.6 Å². The van der Waals surface area contributed by atoms with Crippen LogP contribution in [0.4, 0.5) is 5.69 Å². The summed E-state index contributed by atoms with van der Waals surface area (Å²) < 4.78 is 2.24. The molecule has 0 amide bonds. The molecule has 0 radical (unpaired) electrons. The Morgan fingerprint density at radius 3 is 2.76 bits per heavy atom. The van der Waals surface area contributed by atoms with Gasteiger partial charge in [-0.3, -0.25) is 4.57 Å². The van der Waals surface area contributed by atoms with Crippen molar-refractivity contribution < 1.29 is 0 Å². The van der Waals surface area contributed by atoms with Gasteiger partial charge in [0.05, 0.1) is 16.7 Å². The highest BCUT2D eigenvalue weighted by atomic mass is 35.5. The zero-order valence-electron chi connectivity index (χ0n) is 11.8. The van der Waals surface area contributed by atoms with Crippen LogP contribution in [0.5, 0.6) is 0 Å². The highest BCUT2D eigenvalue weighted by Gasteiger charge is 2.30. The Kier molecular flexibility index (Phi) is 2.73. The molecule has 1 aliphatic rings. The topological polar surface area (TPSA) is 43.8 Å². The first-order valence-electron chi connectivity index (χ1n) is 7.18. The van der Waals surface area contributed by atoms with Gasteiger partial charge in [-0.25, -0.2) is 4.98 Å². The van der Waals surface area contributed by atoms with E-state index in [0.29, 0.717) is 5.92 Å². The zero-order valence-corrected chi connectivity index (χ0v) is 12.6. The van der Waals surface area contributed by atoms with E-state index in [4.69, 9.17) is 22.3 Å². The molecule has 3 aromatic rings. The molecule has 0 atom stereocenters. The van der Waals surface area contributed by atoms with Crippen LogP contribution in [0.3, 0.4) is 0 Å². The lowest BCUT2D eigenvalue weighted by Crippen LogP contribution is -2.02. The molecule has 21 heavy (non-hydrogen) atoms. The average Bonchev–Trinajstić information content (AvgIpc) is 3.23. The fourth-order valence-electron chi connectivity index (χ4n) is 2.81. The molecule has 4 rings (SSSR count). The third-order valence-electron chi connectivity index (χ3n) is 4.06. The Bertz CT molecular complexity index is 847. The van der Waals surface area contributed by atoms with Gasteiger partial charge in [0.15, 0.2) is 0 Å². The monoisotopic (exact) mass is 297 g/mol. The molecule has 0 aliphatic heterocycles. The van der Waals surface area contributed by atoms with Crippen LogP contribution in [0.2, 0.25) is 5.02 Å². The van der Waals surface area contributed by atoms with E-state index in [2.05, 4.69) is 17.6 Å². The summed E-state index contributed by atoms with van der Waals surface area (Å²) in [5.41, 5.74) is 11.0. The summed E-state index contributed by atoms with van der Waals surface area (Å²) in [6, 6.07) is 11.9. The number of nitrogens with two attached hydrogens (primary N) is 1. The fourth-order valence-corrected chi connectivity index (χ4v) is 2.97. The standard InChI is InChI=1S/C17H16ClN3/c1-10-2-5-12(18)8-16(10)21-15-7-6-13(19)9-14(15)20-17(21)11-3-4-11/h2,5-9,11H,3-4,19H2,1H3. The van der Waals surface area contributed by atoms with E-state index in [9.17, 15) is 0 Å². The van der Waals surface area contributed by atoms with Crippen LogP contribution in [0.1, 0.15) is 30.1 Å². The van der Waals surface area contributed by atoms with Crippen LogP contribution in [0.25, 0.3) is 16.7 Å². The van der Waals surface area contributed by atoms with Crippen LogP contribution < -0.4 is 5.73 Å². The summed E-state index contributed by atoms with van der Waals surface area (Å²) >= 11 is 6.20. The highest BCUT2D eigenvalue weighted by Crippen LogP contribution is 2.42. The predicted octanol–water partition coefficient (Wildman–Crippen LogP) is 4.45. The van der Waals surface area contributed by atoms with Crippen molar-refractivity contribution in [3.8, 4) is 5.69 Å². The number of imidazole rings is 1. The van der Waals surface area contributed by atoms with Crippen molar-refractivity contribution >= 4 is 28.3 Å². The first-order chi connectivity index (χ1) is 10.1. The Balaban J connectivity index is 2.06. The summed E-state index contributed by atoms with van der Waals surface area (Å²) in [5, 5.41) is 0.745. The van der Waals surface area contributed by atoms with Crippen LogP contribution in [-0.4, -0.2) is 9.55 Å². The first kappa shape index (κ1) is 12.7. The Morgan fingerprint density at radius 1 is 1.19 bits per heavy atom. The van der Waals surface area contributed by atoms with Crippen LogP contribution >= 0.6 is 11.6 Å². The molecule has 0 saturated heterocycles. The van der Waals surface area contributed by atoms with Crippen molar-refractivity contribution in [1.29, 1.82) is 0 Å². The minimum Gasteiger partial charge on any atom is -0.399 e. The lowest BCUT2D eigenvalue weighted by atomic mass is 10.2. The van der Waals surface area contributed by atoms with Gasteiger partial charge in [0.1, 0.15) is 5.82 Å². The van der Waals surface area contributed by atoms with Crippen molar-refractivity contribution in [1.82, 2.24) is 9.55 Å². The van der Waals surface area contributed by atoms with Gasteiger partial charge in [0.2, 0.25) is 0 Å². The van der Waals surface area contributed by atoms with E-state index in [1.54, 1.807) is 0 Å². The second-order valence-electron chi connectivity index (χ2n) is 5.76. The predicted molar refractivity (Wildman–Crippen MR) is 87.2 cm³/mol. The van der Waals surface area contributed by atoms with Crippen LogP contribution in [0, 0.1) is 6.92 Å². The second kappa shape index (κ2) is 4.50. The molecule has 1 aliphatic carbocycles. The number of rotatable bonds is 2. The van der Waals surface area contributed by atoms with Gasteiger partial charge < -0.3 is 5.73 Å². The Morgan fingerprint density at radius 2 is 2.00 bits per heavy atom. The van der Waals surface area contributed by atoms with Crippen LogP contribution in [-0.2, 0) is 0 Å². The third kappa shape index (κ3) is 2.09. The van der Waals surface area contributed by atoms with Gasteiger partial charge >= 0.3 is 0 Å². The normalized spacial score (nSPS) is 14.8. The lowest BCUT2D eigenvalue weighted by molar-refractivity contribution is 0.892. The van der Waals surface area contributed by atoms with Gasteiger partial charge in [-0.2, -0.15) is 0 Å². The minimum atomic E-state index is 0.553. The van der Waals surface area contributed by atoms with Gasteiger partial charge in [-0.15, -0.1) is 0 Å². The van der Waals surface area contributed by atoms with Gasteiger partial charge in [0.25, 0.3) is 0 Å². The molecule has 2 N–H and O–H groups in total. The number of anilines is 1. The minimum absolute atomic E-state index is 0.553. The second-order valence-corrected chi connectivity index (χ2v) is 6.20. The molecule has 1 saturated carbocycles. The Hall–Kier alpha value is -2.00. The number of benzene rings is 2. The number of halogens is 1. The molecule has 3 nitrogen and oxygen atoms in total. The van der Waals surface area contributed by atoms with E-state index >= 15 is 0 Å². The number of hydrogen-bond acceptors (Lipinski definition) is 2. The summed E-state index contributed by atoms with van der Waals surface area (Å²) in [5.74, 6) is 1.68. The largest absolute Gasteiger partial charge is 0.399 e. The lowest BCUT2D eigenvalue weighted by Gasteiger charge is -2.12. The number of hydrogen-bond donors (Lipinski definition) is 1. The van der Waals surface area contributed by atoms with E-state index in [-0.39, 0.29) is 0 Å². The molecule has 0 bridgehead atoms. The summed E-state index contributed by atoms with van der Waals surface area (Å²) in [7, 11) is 0. The number of nitrogen functional groups attached to an aromatic ring is 1. The molecule has 1 fully saturated rings. The SMILES string of the molecule is Cc1ccc(Cl)cc1-n1c(C2CC2)nc2cc(N)ccc21. The molecular weight excluding hydrogens is 282 g/mol. The fraction of sp³-hybridized carbons (Fsp3) is 0.235. The molecule has 106 valence electrons. The highest BCUT2D eigenvalue weighted by molar-refractivity contribution is 6.30. The van der Waals surface area contributed by atoms with Crippen molar-refractivity contribution in [3.63, 3.8) is 0 Å². The molecule has 0 spiro atoms. The molecule has 4 heteroatoms. The van der Waals surface area contributed by atoms with Crippen molar-refractivity contribution in [2.24, 2.45) is 0 Å². The summed E-state index contributed by atoms with van der Waals surface area (Å²) in [6.07, 6.45) is 2.41. The molecule has 0 unspecified atom stereocenters. The summed E-state index contributed by atoms with van der Waals surface area (Å²) in [4.78, 5) is 4.82. The van der Waals surface area contributed by atoms with E-state index in [0.717, 1.165) is 33.3 Å². The number of aromatic nitrogens is 2. The van der Waals surface area contributed by atoms with E-state index in [1.807, 2.05) is 30.3 Å². The molecule has 2 aromatic carbocycles. The Labute approximate surface area is 128 Å². The zero-order chi connectivity index (χ0) is 14.6. The smallest absolute Gasteiger partial charge is 0.117 e.